The van der Waals surface area contributed by atoms with E-state index in [1.807, 2.05) is 19.1 Å². The van der Waals surface area contributed by atoms with E-state index in [1.165, 1.54) is 16.5 Å². The standard InChI is InChI=1S/C23H24N2O3/c1-3-25-12-18(16-8-5-6-10-19(16)25)21-17-9-7-11-20(26-4-2)23(17)27-13-15-14-28-24-22(15)21/h5-12,15,21H,3-4,13-14H2,1-2H3/t15-,21+/m0/s1. The van der Waals surface area contributed by atoms with Gasteiger partial charge in [-0.05, 0) is 31.5 Å². The van der Waals surface area contributed by atoms with Gasteiger partial charge in [-0.3, -0.25) is 0 Å². The molecule has 0 saturated carbocycles. The summed E-state index contributed by atoms with van der Waals surface area (Å²) in [6, 6.07) is 14.7. The molecule has 28 heavy (non-hydrogen) atoms. The van der Waals surface area contributed by atoms with Crippen molar-refractivity contribution in [2.75, 3.05) is 19.8 Å². The highest BCUT2D eigenvalue weighted by molar-refractivity contribution is 6.01. The molecule has 1 aromatic heterocycles. The third-order valence-electron chi connectivity index (χ3n) is 5.68. The fourth-order valence-corrected chi connectivity index (χ4v) is 4.40. The molecule has 0 saturated heterocycles. The molecule has 3 heterocycles. The minimum Gasteiger partial charge on any atom is -0.490 e. The first-order valence-corrected chi connectivity index (χ1v) is 9.97. The van der Waals surface area contributed by atoms with E-state index in [1.54, 1.807) is 0 Å². The molecular weight excluding hydrogens is 352 g/mol. The van der Waals surface area contributed by atoms with Crippen molar-refractivity contribution in [2.45, 2.75) is 26.3 Å². The SMILES string of the molecule is CCOc1cccc2c1OC[C@H]1CON=C1[C@H]2c1cn(CC)c2ccccc12. The van der Waals surface area contributed by atoms with Gasteiger partial charge in [-0.15, -0.1) is 0 Å². The minimum absolute atomic E-state index is 0.0110. The number of ether oxygens (including phenoxy) is 2. The maximum atomic E-state index is 6.25. The van der Waals surface area contributed by atoms with Crippen LogP contribution in [0.15, 0.2) is 53.8 Å². The fraction of sp³-hybridized carbons (Fsp3) is 0.348. The van der Waals surface area contributed by atoms with Gasteiger partial charge < -0.3 is 18.9 Å². The zero-order valence-electron chi connectivity index (χ0n) is 16.2. The molecule has 0 aliphatic carbocycles. The molecule has 5 heteroatoms. The van der Waals surface area contributed by atoms with Gasteiger partial charge in [0, 0.05) is 29.2 Å². The van der Waals surface area contributed by atoms with E-state index >= 15 is 0 Å². The monoisotopic (exact) mass is 376 g/mol. The second-order valence-electron chi connectivity index (χ2n) is 7.25. The van der Waals surface area contributed by atoms with Gasteiger partial charge in [0.05, 0.1) is 24.2 Å². The van der Waals surface area contributed by atoms with E-state index in [0.717, 1.165) is 29.3 Å². The third-order valence-corrected chi connectivity index (χ3v) is 5.68. The van der Waals surface area contributed by atoms with Crippen molar-refractivity contribution in [2.24, 2.45) is 11.1 Å². The number of para-hydroxylation sites is 2. The summed E-state index contributed by atoms with van der Waals surface area (Å²) in [5.41, 5.74) is 4.62. The predicted molar refractivity (Wildman–Crippen MR) is 109 cm³/mol. The number of hydrogen-bond acceptors (Lipinski definition) is 4. The second kappa shape index (κ2) is 6.89. The van der Waals surface area contributed by atoms with E-state index in [9.17, 15) is 0 Å². The largest absolute Gasteiger partial charge is 0.490 e. The van der Waals surface area contributed by atoms with Crippen LogP contribution >= 0.6 is 0 Å². The number of nitrogens with zero attached hydrogens (tertiary/aromatic N) is 2. The van der Waals surface area contributed by atoms with Gasteiger partial charge in [-0.1, -0.05) is 35.5 Å². The Hall–Kier alpha value is -2.95. The Labute approximate surface area is 164 Å². The number of benzene rings is 2. The van der Waals surface area contributed by atoms with Crippen LogP contribution in [0.5, 0.6) is 11.5 Å². The molecule has 2 aliphatic heterocycles. The van der Waals surface area contributed by atoms with Crippen LogP contribution in [0.25, 0.3) is 10.9 Å². The number of fused-ring (bicyclic) bond motifs is 3. The highest BCUT2D eigenvalue weighted by Gasteiger charge is 2.39. The van der Waals surface area contributed by atoms with Crippen molar-refractivity contribution in [3.8, 4) is 11.5 Å². The molecule has 0 radical (unpaired) electrons. The van der Waals surface area contributed by atoms with Crippen molar-refractivity contribution < 1.29 is 14.3 Å². The Bertz CT molecular complexity index is 1050. The van der Waals surface area contributed by atoms with Gasteiger partial charge in [-0.25, -0.2) is 0 Å². The zero-order valence-corrected chi connectivity index (χ0v) is 16.2. The second-order valence-corrected chi connectivity index (χ2v) is 7.25. The number of hydrogen-bond donors (Lipinski definition) is 0. The molecule has 0 amide bonds. The summed E-state index contributed by atoms with van der Waals surface area (Å²) in [6.45, 7) is 6.81. The summed E-state index contributed by atoms with van der Waals surface area (Å²) >= 11 is 0. The Morgan fingerprint density at radius 2 is 1.96 bits per heavy atom. The molecule has 2 aromatic carbocycles. The van der Waals surface area contributed by atoms with Crippen molar-refractivity contribution >= 4 is 16.6 Å². The molecule has 144 valence electrons. The Morgan fingerprint density at radius 1 is 1.07 bits per heavy atom. The van der Waals surface area contributed by atoms with Gasteiger partial charge in [-0.2, -0.15) is 0 Å². The lowest BCUT2D eigenvalue weighted by molar-refractivity contribution is 0.136. The lowest BCUT2D eigenvalue weighted by Crippen LogP contribution is -2.23. The smallest absolute Gasteiger partial charge is 0.165 e. The molecular formula is C23H24N2O3. The first-order chi connectivity index (χ1) is 13.8. The maximum absolute atomic E-state index is 6.25. The van der Waals surface area contributed by atoms with Crippen LogP contribution in [0.2, 0.25) is 0 Å². The van der Waals surface area contributed by atoms with Crippen LogP contribution in [-0.4, -0.2) is 30.1 Å². The zero-order chi connectivity index (χ0) is 19.1. The fourth-order valence-electron chi connectivity index (χ4n) is 4.40. The first kappa shape index (κ1) is 17.2. The molecule has 5 rings (SSSR count). The summed E-state index contributed by atoms with van der Waals surface area (Å²) in [4.78, 5) is 5.51. The van der Waals surface area contributed by atoms with Crippen LogP contribution in [0.3, 0.4) is 0 Å². The van der Waals surface area contributed by atoms with Crippen molar-refractivity contribution in [1.82, 2.24) is 4.57 Å². The van der Waals surface area contributed by atoms with E-state index < -0.39 is 0 Å². The average Bonchev–Trinajstić information content (AvgIpc) is 3.30. The number of aromatic nitrogens is 1. The van der Waals surface area contributed by atoms with E-state index in [4.69, 9.17) is 14.3 Å². The molecule has 0 unspecified atom stereocenters. The van der Waals surface area contributed by atoms with Gasteiger partial charge in [0.2, 0.25) is 0 Å². The van der Waals surface area contributed by atoms with Crippen LogP contribution in [-0.2, 0) is 11.4 Å². The Morgan fingerprint density at radius 3 is 2.82 bits per heavy atom. The van der Waals surface area contributed by atoms with Crippen molar-refractivity contribution in [3.63, 3.8) is 0 Å². The lowest BCUT2D eigenvalue weighted by atomic mass is 9.82. The molecule has 2 atom stereocenters. The summed E-state index contributed by atoms with van der Waals surface area (Å²) in [6.07, 6.45) is 2.26. The molecule has 3 aromatic rings. The molecule has 0 bridgehead atoms. The van der Waals surface area contributed by atoms with Gasteiger partial charge in [0.25, 0.3) is 0 Å². The van der Waals surface area contributed by atoms with Crippen LogP contribution < -0.4 is 9.47 Å². The Kier molecular flexibility index (Phi) is 4.23. The topological polar surface area (TPSA) is 45.0 Å². The number of rotatable bonds is 4. The summed E-state index contributed by atoms with van der Waals surface area (Å²) in [5.74, 6) is 1.77. The quantitative estimate of drug-likeness (QED) is 0.669. The minimum atomic E-state index is -0.0110. The molecule has 5 nitrogen and oxygen atoms in total. The summed E-state index contributed by atoms with van der Waals surface area (Å²) < 4.78 is 14.4. The van der Waals surface area contributed by atoms with Crippen molar-refractivity contribution in [3.05, 3.63) is 59.8 Å². The number of oxime groups is 1. The van der Waals surface area contributed by atoms with Crippen LogP contribution in [0.4, 0.5) is 0 Å². The van der Waals surface area contributed by atoms with Gasteiger partial charge in [0.1, 0.15) is 13.2 Å². The first-order valence-electron chi connectivity index (χ1n) is 9.97. The van der Waals surface area contributed by atoms with Crippen LogP contribution in [0.1, 0.15) is 30.9 Å². The summed E-state index contributed by atoms with van der Waals surface area (Å²) in [7, 11) is 0. The highest BCUT2D eigenvalue weighted by Crippen LogP contribution is 2.45. The molecule has 2 aliphatic rings. The third kappa shape index (κ3) is 2.57. The van der Waals surface area contributed by atoms with E-state index in [-0.39, 0.29) is 11.8 Å². The Balaban J connectivity index is 1.77. The van der Waals surface area contributed by atoms with Crippen molar-refractivity contribution in [1.29, 1.82) is 0 Å². The summed E-state index contributed by atoms with van der Waals surface area (Å²) in [5, 5.41) is 5.73. The van der Waals surface area contributed by atoms with E-state index in [2.05, 4.69) is 53.2 Å². The maximum Gasteiger partial charge on any atom is 0.165 e. The van der Waals surface area contributed by atoms with Gasteiger partial charge >= 0.3 is 0 Å². The average molecular weight is 376 g/mol. The van der Waals surface area contributed by atoms with Crippen LogP contribution in [0, 0.1) is 5.92 Å². The number of aryl methyl sites for hydroxylation is 1. The molecule has 0 N–H and O–H groups in total. The molecule has 0 spiro atoms. The normalized spacial score (nSPS) is 20.6. The van der Waals surface area contributed by atoms with E-state index in [0.29, 0.717) is 19.8 Å². The predicted octanol–water partition coefficient (Wildman–Crippen LogP) is 4.59. The molecule has 0 fully saturated rings. The van der Waals surface area contributed by atoms with Gasteiger partial charge in [0.15, 0.2) is 11.5 Å². The highest BCUT2D eigenvalue weighted by atomic mass is 16.6. The lowest BCUT2D eigenvalue weighted by Gasteiger charge is -2.19.